The van der Waals surface area contributed by atoms with Gasteiger partial charge in [-0.1, -0.05) is 0 Å². The Balaban J connectivity index is 2.68. The van der Waals surface area contributed by atoms with Crippen molar-refractivity contribution in [1.29, 1.82) is 10.5 Å². The van der Waals surface area contributed by atoms with Crippen LogP contribution in [0.15, 0.2) is 24.3 Å². The van der Waals surface area contributed by atoms with Gasteiger partial charge in [-0.15, -0.1) is 0 Å². The van der Waals surface area contributed by atoms with Crippen LogP contribution < -0.4 is 5.32 Å². The Bertz CT molecular complexity index is 581. The first kappa shape index (κ1) is 15.2. The molecule has 0 saturated heterocycles. The van der Waals surface area contributed by atoms with Gasteiger partial charge in [-0.3, -0.25) is 9.59 Å². The summed E-state index contributed by atoms with van der Waals surface area (Å²) >= 11 is 0. The molecular weight excluding hydrogens is 256 g/mol. The van der Waals surface area contributed by atoms with Gasteiger partial charge < -0.3 is 10.2 Å². The van der Waals surface area contributed by atoms with E-state index < -0.39 is 11.8 Å². The van der Waals surface area contributed by atoms with Crippen molar-refractivity contribution in [2.24, 2.45) is 0 Å². The van der Waals surface area contributed by atoms with Gasteiger partial charge in [-0.05, 0) is 31.2 Å². The zero-order valence-corrected chi connectivity index (χ0v) is 11.3. The summed E-state index contributed by atoms with van der Waals surface area (Å²) in [6.07, 6.45) is 0.159. The number of hydrogen-bond donors (Lipinski definition) is 1. The molecule has 1 N–H and O–H groups in total. The number of hydrogen-bond acceptors (Lipinski definition) is 4. The molecule has 0 aromatic heterocycles. The fourth-order valence-corrected chi connectivity index (χ4v) is 1.44. The van der Waals surface area contributed by atoms with Gasteiger partial charge in [0.25, 0.3) is 0 Å². The SMILES string of the molecule is C[C@@H](CC#N)N(C)C(=O)C(=O)Nc1ccc(C#N)cc1. The van der Waals surface area contributed by atoms with E-state index in [0.29, 0.717) is 11.3 Å². The lowest BCUT2D eigenvalue weighted by Crippen LogP contribution is -2.42. The number of carbonyl (C=O) groups excluding carboxylic acids is 2. The number of carbonyl (C=O) groups is 2. The Hall–Kier alpha value is -2.86. The number of likely N-dealkylation sites (N-methyl/N-ethyl adjacent to an activating group) is 1. The van der Waals surface area contributed by atoms with Gasteiger partial charge in [0.05, 0.1) is 24.1 Å². The molecule has 102 valence electrons. The molecule has 1 atom stereocenters. The van der Waals surface area contributed by atoms with Crippen LogP contribution >= 0.6 is 0 Å². The average Bonchev–Trinajstić information content (AvgIpc) is 2.46. The Labute approximate surface area is 117 Å². The van der Waals surface area contributed by atoms with Crippen LogP contribution in [0.4, 0.5) is 5.69 Å². The lowest BCUT2D eigenvalue weighted by atomic mass is 10.2. The highest BCUT2D eigenvalue weighted by Gasteiger charge is 2.22. The quantitative estimate of drug-likeness (QED) is 0.836. The minimum absolute atomic E-state index is 0.159. The molecule has 0 aliphatic heterocycles. The topological polar surface area (TPSA) is 97.0 Å². The van der Waals surface area contributed by atoms with E-state index in [0.717, 1.165) is 0 Å². The number of amides is 2. The zero-order valence-electron chi connectivity index (χ0n) is 11.3. The molecule has 0 saturated carbocycles. The third-order valence-corrected chi connectivity index (χ3v) is 2.83. The summed E-state index contributed by atoms with van der Waals surface area (Å²) in [4.78, 5) is 24.8. The van der Waals surface area contributed by atoms with Crippen LogP contribution in [-0.4, -0.2) is 29.8 Å². The molecule has 6 heteroatoms. The summed E-state index contributed by atoms with van der Waals surface area (Å²) in [5, 5.41) is 19.7. The number of nitrogens with one attached hydrogen (secondary N) is 1. The monoisotopic (exact) mass is 270 g/mol. The highest BCUT2D eigenvalue weighted by molar-refractivity contribution is 6.39. The van der Waals surface area contributed by atoms with E-state index in [4.69, 9.17) is 10.5 Å². The Kier molecular flexibility index (Phi) is 5.25. The maximum atomic E-state index is 11.8. The third kappa shape index (κ3) is 3.82. The highest BCUT2D eigenvalue weighted by Crippen LogP contribution is 2.09. The van der Waals surface area contributed by atoms with Crippen molar-refractivity contribution in [3.05, 3.63) is 29.8 Å². The van der Waals surface area contributed by atoms with Gasteiger partial charge in [-0.2, -0.15) is 10.5 Å². The lowest BCUT2D eigenvalue weighted by Gasteiger charge is -2.22. The molecule has 0 bridgehead atoms. The van der Waals surface area contributed by atoms with Crippen molar-refractivity contribution >= 4 is 17.5 Å². The van der Waals surface area contributed by atoms with E-state index in [1.807, 2.05) is 12.1 Å². The molecule has 6 nitrogen and oxygen atoms in total. The Morgan fingerprint density at radius 2 is 1.90 bits per heavy atom. The smallest absolute Gasteiger partial charge is 0.313 e. The molecule has 0 aliphatic carbocycles. The van der Waals surface area contributed by atoms with Gasteiger partial charge in [0, 0.05) is 18.8 Å². The molecule has 0 heterocycles. The van der Waals surface area contributed by atoms with Crippen LogP contribution in [0, 0.1) is 22.7 Å². The van der Waals surface area contributed by atoms with E-state index in [9.17, 15) is 9.59 Å². The molecule has 0 radical (unpaired) electrons. The van der Waals surface area contributed by atoms with Crippen LogP contribution in [-0.2, 0) is 9.59 Å². The molecule has 0 spiro atoms. The van der Waals surface area contributed by atoms with Crippen molar-refractivity contribution in [3.8, 4) is 12.1 Å². The molecular formula is C14H14N4O2. The zero-order chi connectivity index (χ0) is 15.1. The van der Waals surface area contributed by atoms with Crippen LogP contribution in [0.5, 0.6) is 0 Å². The summed E-state index contributed by atoms with van der Waals surface area (Å²) in [6, 6.07) is 9.75. The molecule has 1 aromatic rings. The van der Waals surface area contributed by atoms with Gasteiger partial charge >= 0.3 is 11.8 Å². The second kappa shape index (κ2) is 6.91. The average molecular weight is 270 g/mol. The lowest BCUT2D eigenvalue weighted by molar-refractivity contribution is -0.143. The number of rotatable bonds is 3. The molecule has 2 amide bonds. The summed E-state index contributed by atoms with van der Waals surface area (Å²) in [6.45, 7) is 1.69. The van der Waals surface area contributed by atoms with Crippen molar-refractivity contribution in [2.45, 2.75) is 19.4 Å². The Morgan fingerprint density at radius 3 is 2.40 bits per heavy atom. The van der Waals surface area contributed by atoms with Crippen molar-refractivity contribution in [3.63, 3.8) is 0 Å². The third-order valence-electron chi connectivity index (χ3n) is 2.83. The van der Waals surface area contributed by atoms with Crippen LogP contribution in [0.1, 0.15) is 18.9 Å². The standard InChI is InChI=1S/C14H14N4O2/c1-10(7-8-15)18(2)14(20)13(19)17-12-5-3-11(9-16)4-6-12/h3-6,10H,7H2,1-2H3,(H,17,19)/t10-/m0/s1. The van der Waals surface area contributed by atoms with E-state index in [1.54, 1.807) is 31.2 Å². The van der Waals surface area contributed by atoms with Gasteiger partial charge in [0.2, 0.25) is 0 Å². The molecule has 0 aliphatic rings. The largest absolute Gasteiger partial charge is 0.334 e. The minimum Gasteiger partial charge on any atom is -0.334 e. The van der Waals surface area contributed by atoms with Gasteiger partial charge in [0.15, 0.2) is 0 Å². The van der Waals surface area contributed by atoms with Crippen LogP contribution in [0.25, 0.3) is 0 Å². The van der Waals surface area contributed by atoms with Gasteiger partial charge in [0.1, 0.15) is 0 Å². The van der Waals surface area contributed by atoms with E-state index in [-0.39, 0.29) is 12.5 Å². The first-order valence-corrected chi connectivity index (χ1v) is 5.95. The summed E-state index contributed by atoms with van der Waals surface area (Å²) in [5.41, 5.74) is 0.901. The number of nitrogens with zero attached hydrogens (tertiary/aromatic N) is 3. The predicted octanol–water partition coefficient (Wildman–Crippen LogP) is 1.26. The fourth-order valence-electron chi connectivity index (χ4n) is 1.44. The first-order chi connectivity index (χ1) is 9.49. The van der Waals surface area contributed by atoms with E-state index >= 15 is 0 Å². The van der Waals surface area contributed by atoms with Crippen LogP contribution in [0.2, 0.25) is 0 Å². The summed E-state index contributed by atoms with van der Waals surface area (Å²) in [7, 11) is 1.47. The van der Waals surface area contributed by atoms with Crippen molar-refractivity contribution < 1.29 is 9.59 Å². The Morgan fingerprint density at radius 1 is 1.30 bits per heavy atom. The molecule has 20 heavy (non-hydrogen) atoms. The van der Waals surface area contributed by atoms with Crippen LogP contribution in [0.3, 0.4) is 0 Å². The fraction of sp³-hybridized carbons (Fsp3) is 0.286. The van der Waals surface area contributed by atoms with E-state index in [2.05, 4.69) is 5.32 Å². The van der Waals surface area contributed by atoms with Crippen molar-refractivity contribution in [1.82, 2.24) is 4.90 Å². The molecule has 0 unspecified atom stereocenters. The first-order valence-electron chi connectivity index (χ1n) is 5.95. The normalized spacial score (nSPS) is 10.8. The maximum Gasteiger partial charge on any atom is 0.313 e. The highest BCUT2D eigenvalue weighted by atomic mass is 16.2. The number of benzene rings is 1. The number of anilines is 1. The molecule has 0 fully saturated rings. The predicted molar refractivity (Wildman–Crippen MR) is 72.2 cm³/mol. The van der Waals surface area contributed by atoms with E-state index in [1.165, 1.54) is 11.9 Å². The van der Waals surface area contributed by atoms with Crippen molar-refractivity contribution in [2.75, 3.05) is 12.4 Å². The molecule has 1 rings (SSSR count). The number of nitriles is 2. The van der Waals surface area contributed by atoms with Gasteiger partial charge in [-0.25, -0.2) is 0 Å². The molecule has 1 aromatic carbocycles. The second-order valence-corrected chi connectivity index (χ2v) is 4.27. The maximum absolute atomic E-state index is 11.8. The summed E-state index contributed by atoms with van der Waals surface area (Å²) in [5.74, 6) is -1.49. The second-order valence-electron chi connectivity index (χ2n) is 4.27. The summed E-state index contributed by atoms with van der Waals surface area (Å²) < 4.78 is 0. The minimum atomic E-state index is -0.776.